The average Bonchev–Trinajstić information content (AvgIpc) is 3.38. The molecular formula is C29H38BrN3O4. The summed E-state index contributed by atoms with van der Waals surface area (Å²) in [6.07, 6.45) is 6.07. The number of ether oxygens (including phenoxy) is 1. The predicted molar refractivity (Wildman–Crippen MR) is 149 cm³/mol. The van der Waals surface area contributed by atoms with Gasteiger partial charge in [0.2, 0.25) is 0 Å². The first kappa shape index (κ1) is 28.9. The number of nitrogens with one attached hydrogen (secondary N) is 2. The lowest BCUT2D eigenvalue weighted by molar-refractivity contribution is -0.911. The lowest BCUT2D eigenvalue weighted by Crippen LogP contribution is -2.56. The molecule has 200 valence electrons. The summed E-state index contributed by atoms with van der Waals surface area (Å²) in [5, 5.41) is 6.22. The molecule has 0 spiro atoms. The van der Waals surface area contributed by atoms with E-state index in [0.717, 1.165) is 43.4 Å². The zero-order valence-corrected chi connectivity index (χ0v) is 23.4. The standard InChI is InChI=1S/C29H37N3O4.BrH/c1-21-10-8-16-25(29(35)36-2)27(21)31-26(33)20-32(18-22-11-4-3-5-12-22)17-9-13-23(19-32)28(34)30-24-14-6-7-15-24;/h3-5,8,10-12,16,19,23-24H,6-7,9,13-15,17-18,20H2,1-2H3,(H,30,34)(H,31,33);1H. The van der Waals surface area contributed by atoms with E-state index in [1.54, 1.807) is 12.1 Å². The number of methoxy groups -OCH3 is 1. The Hall–Kier alpha value is -2.71. The summed E-state index contributed by atoms with van der Waals surface area (Å²) in [7, 11) is 1.33. The highest BCUT2D eigenvalue weighted by molar-refractivity contribution is 8.93. The summed E-state index contributed by atoms with van der Waals surface area (Å²) >= 11 is 0. The van der Waals surface area contributed by atoms with Gasteiger partial charge < -0.3 is 19.9 Å². The Morgan fingerprint density at radius 3 is 2.43 bits per heavy atom. The second-order valence-electron chi connectivity index (χ2n) is 10.2. The van der Waals surface area contributed by atoms with Crippen LogP contribution in [0.1, 0.15) is 60.0 Å². The number of benzene rings is 2. The number of hydrogen-bond acceptors (Lipinski definition) is 4. The van der Waals surface area contributed by atoms with Crippen LogP contribution in [0.4, 0.5) is 5.69 Å². The first-order valence-electron chi connectivity index (χ1n) is 12.9. The number of carbonyl (C=O) groups is 3. The van der Waals surface area contributed by atoms with Crippen LogP contribution in [0.15, 0.2) is 48.5 Å². The molecule has 2 aromatic carbocycles. The Bertz CT molecular complexity index is 1090. The lowest BCUT2D eigenvalue weighted by atomic mass is 9.93. The van der Waals surface area contributed by atoms with Gasteiger partial charge in [0, 0.05) is 11.6 Å². The fourth-order valence-electron chi connectivity index (χ4n) is 5.58. The fourth-order valence-corrected chi connectivity index (χ4v) is 5.58. The summed E-state index contributed by atoms with van der Waals surface area (Å²) in [5.41, 5.74) is 2.71. The van der Waals surface area contributed by atoms with E-state index in [1.165, 1.54) is 20.0 Å². The van der Waals surface area contributed by atoms with Crippen LogP contribution in [0.2, 0.25) is 0 Å². The van der Waals surface area contributed by atoms with Gasteiger partial charge in [0.1, 0.15) is 6.54 Å². The van der Waals surface area contributed by atoms with Crippen LogP contribution in [0.5, 0.6) is 0 Å². The second-order valence-corrected chi connectivity index (χ2v) is 10.2. The molecule has 2 aromatic rings. The summed E-state index contributed by atoms with van der Waals surface area (Å²) in [6.45, 7) is 5.51. The van der Waals surface area contributed by atoms with Gasteiger partial charge in [0.05, 0.1) is 31.5 Å². The van der Waals surface area contributed by atoms with Crippen LogP contribution < -0.4 is 10.6 Å². The molecule has 7 nitrogen and oxygen atoms in total. The molecule has 2 atom stereocenters. The van der Waals surface area contributed by atoms with Crippen molar-refractivity contribution >= 4 is 40.5 Å². The number of halogens is 1. The van der Waals surface area contributed by atoms with E-state index in [1.807, 2.05) is 31.2 Å². The van der Waals surface area contributed by atoms with Crippen LogP contribution >= 0.6 is 17.0 Å². The topological polar surface area (TPSA) is 84.5 Å². The van der Waals surface area contributed by atoms with E-state index in [2.05, 4.69) is 29.3 Å². The molecule has 4 rings (SSSR count). The number of esters is 1. The van der Waals surface area contributed by atoms with Crippen molar-refractivity contribution in [3.8, 4) is 0 Å². The van der Waals surface area contributed by atoms with Crippen molar-refractivity contribution in [2.75, 3.05) is 25.5 Å². The second kappa shape index (κ2) is 13.2. The molecule has 2 aliphatic rings. The minimum Gasteiger partial charge on any atom is -0.465 e. The largest absolute Gasteiger partial charge is 0.465 e. The van der Waals surface area contributed by atoms with Crippen LogP contribution in [0.3, 0.4) is 0 Å². The lowest BCUT2D eigenvalue weighted by Gasteiger charge is -2.52. The Kier molecular flexibility index (Phi) is 10.3. The van der Waals surface area contributed by atoms with Crippen molar-refractivity contribution < 1.29 is 23.6 Å². The quantitative estimate of drug-likeness (QED) is 0.267. The normalized spacial score (nSPS) is 21.5. The van der Waals surface area contributed by atoms with E-state index in [0.29, 0.717) is 22.3 Å². The van der Waals surface area contributed by atoms with Crippen LogP contribution in [0, 0.1) is 19.4 Å². The maximum atomic E-state index is 13.4. The summed E-state index contributed by atoms with van der Waals surface area (Å²) in [5.74, 6) is -0.849. The molecule has 1 saturated heterocycles. The number of nitrogens with zero attached hydrogens (tertiary/aromatic N) is 1. The van der Waals surface area contributed by atoms with Crippen molar-refractivity contribution in [1.82, 2.24) is 5.32 Å². The van der Waals surface area contributed by atoms with Gasteiger partial charge in [0.15, 0.2) is 5.91 Å². The third-order valence-corrected chi connectivity index (χ3v) is 7.39. The van der Waals surface area contributed by atoms with Gasteiger partial charge in [0.25, 0.3) is 5.91 Å². The molecule has 2 unspecified atom stereocenters. The van der Waals surface area contributed by atoms with Crippen molar-refractivity contribution in [3.63, 3.8) is 0 Å². The maximum absolute atomic E-state index is 13.4. The first-order chi connectivity index (χ1) is 17.4. The SMILES string of the molecule is Br.COC(=O)c1cccc(C)c1NC(=O)C[N+]1(Cc2ccccc2)[CH-]C(C(=O)NC2CCCC2)CCC1. The van der Waals surface area contributed by atoms with Gasteiger partial charge >= 0.3 is 5.97 Å². The highest BCUT2D eigenvalue weighted by Crippen LogP contribution is 2.32. The molecule has 0 bridgehead atoms. The minimum atomic E-state index is -0.490. The first-order valence-corrected chi connectivity index (χ1v) is 12.9. The van der Waals surface area contributed by atoms with Crippen LogP contribution in [-0.4, -0.2) is 48.5 Å². The van der Waals surface area contributed by atoms with E-state index in [4.69, 9.17) is 4.74 Å². The zero-order valence-electron chi connectivity index (χ0n) is 21.7. The highest BCUT2D eigenvalue weighted by atomic mass is 79.9. The molecular weight excluding hydrogens is 534 g/mol. The number of para-hydroxylation sites is 1. The smallest absolute Gasteiger partial charge is 0.339 e. The van der Waals surface area contributed by atoms with Gasteiger partial charge in [-0.25, -0.2) is 4.79 Å². The minimum absolute atomic E-state index is 0. The Balaban J connectivity index is 0.00000380. The highest BCUT2D eigenvalue weighted by Gasteiger charge is 2.33. The van der Waals surface area contributed by atoms with Gasteiger partial charge in [-0.2, -0.15) is 0 Å². The molecule has 37 heavy (non-hydrogen) atoms. The fraction of sp³-hybridized carbons (Fsp3) is 0.448. The molecule has 1 heterocycles. The molecule has 0 radical (unpaired) electrons. The summed E-state index contributed by atoms with van der Waals surface area (Å²) in [6, 6.07) is 15.6. The van der Waals surface area contributed by atoms with Gasteiger partial charge in [-0.15, -0.1) is 23.5 Å². The molecule has 1 aliphatic carbocycles. The van der Waals surface area contributed by atoms with Crippen LogP contribution in [0.25, 0.3) is 0 Å². The Morgan fingerprint density at radius 2 is 1.73 bits per heavy atom. The van der Waals surface area contributed by atoms with E-state index in [-0.39, 0.29) is 47.3 Å². The van der Waals surface area contributed by atoms with Crippen LogP contribution in [-0.2, 0) is 20.9 Å². The van der Waals surface area contributed by atoms with Gasteiger partial charge in [-0.1, -0.05) is 61.7 Å². The monoisotopic (exact) mass is 571 g/mol. The van der Waals surface area contributed by atoms with Crippen molar-refractivity contribution in [2.45, 2.75) is 58.0 Å². The third-order valence-electron chi connectivity index (χ3n) is 7.39. The number of amides is 2. The van der Waals surface area contributed by atoms with Gasteiger partial charge in [-0.3, -0.25) is 9.59 Å². The number of hydrogen-bond donors (Lipinski definition) is 2. The number of rotatable bonds is 8. The van der Waals surface area contributed by atoms with Crippen molar-refractivity contribution in [3.05, 3.63) is 71.8 Å². The molecule has 8 heteroatoms. The molecule has 2 fully saturated rings. The van der Waals surface area contributed by atoms with E-state index in [9.17, 15) is 14.4 Å². The number of anilines is 1. The number of aryl methyl sites for hydroxylation is 1. The zero-order chi connectivity index (χ0) is 25.5. The predicted octanol–water partition coefficient (Wildman–Crippen LogP) is 4.95. The Labute approximate surface area is 230 Å². The molecule has 2 amide bonds. The molecule has 1 saturated carbocycles. The van der Waals surface area contributed by atoms with Crippen molar-refractivity contribution in [1.29, 1.82) is 0 Å². The van der Waals surface area contributed by atoms with E-state index >= 15 is 0 Å². The molecule has 1 aliphatic heterocycles. The van der Waals surface area contributed by atoms with Crippen molar-refractivity contribution in [2.24, 2.45) is 5.92 Å². The van der Waals surface area contributed by atoms with E-state index < -0.39 is 5.97 Å². The molecule has 0 aromatic heterocycles. The summed E-state index contributed by atoms with van der Waals surface area (Å²) < 4.78 is 5.30. The number of piperidine rings is 1. The summed E-state index contributed by atoms with van der Waals surface area (Å²) in [4.78, 5) is 38.9. The number of carbonyl (C=O) groups excluding carboxylic acids is 3. The third kappa shape index (κ3) is 7.42. The number of quaternary nitrogens is 1. The average molecular weight is 573 g/mol. The Morgan fingerprint density at radius 1 is 1.00 bits per heavy atom. The maximum Gasteiger partial charge on any atom is 0.339 e. The molecule has 2 N–H and O–H groups in total. The number of likely N-dealkylation sites (tertiary alicyclic amines) is 1. The van der Waals surface area contributed by atoms with Gasteiger partial charge in [-0.05, 0) is 43.7 Å².